The van der Waals surface area contributed by atoms with Crippen molar-refractivity contribution in [1.82, 2.24) is 9.62 Å². The molecule has 0 bridgehead atoms. The number of fused-ring (bicyclic) bond motifs is 1. The van der Waals surface area contributed by atoms with Crippen molar-refractivity contribution >= 4 is 10.0 Å². The summed E-state index contributed by atoms with van der Waals surface area (Å²) in [6.07, 6.45) is 3.30. The van der Waals surface area contributed by atoms with Gasteiger partial charge >= 0.3 is 0 Å². The Hall–Kier alpha value is -1.11. The smallest absolute Gasteiger partial charge is 0.240 e. The average Bonchev–Trinajstić information content (AvgIpc) is 3.15. The molecule has 0 aromatic heterocycles. The maximum Gasteiger partial charge on any atom is 0.240 e. The SMILES string of the molecule is C[C@@H](CNS(=O)(=O)c1ccc2c(c1)CCO2)CN1CCCC1. The van der Waals surface area contributed by atoms with Gasteiger partial charge in [-0.05, 0) is 55.6 Å². The molecular formula is C16H24N2O3S. The average molecular weight is 324 g/mol. The van der Waals surface area contributed by atoms with Crippen LogP contribution in [0.15, 0.2) is 23.1 Å². The van der Waals surface area contributed by atoms with Crippen LogP contribution in [0.1, 0.15) is 25.3 Å². The number of hydrogen-bond acceptors (Lipinski definition) is 4. The summed E-state index contributed by atoms with van der Waals surface area (Å²) in [6.45, 7) is 6.45. The van der Waals surface area contributed by atoms with E-state index in [1.807, 2.05) is 0 Å². The summed E-state index contributed by atoms with van der Waals surface area (Å²) < 4.78 is 33.0. The van der Waals surface area contributed by atoms with Gasteiger partial charge in [0.1, 0.15) is 5.75 Å². The maximum absolute atomic E-state index is 12.4. The normalized spacial score (nSPS) is 19.9. The van der Waals surface area contributed by atoms with Gasteiger partial charge in [-0.3, -0.25) is 0 Å². The largest absolute Gasteiger partial charge is 0.493 e. The van der Waals surface area contributed by atoms with Crippen molar-refractivity contribution in [2.24, 2.45) is 5.92 Å². The third kappa shape index (κ3) is 3.62. The van der Waals surface area contributed by atoms with Crippen LogP contribution in [0.25, 0.3) is 0 Å². The van der Waals surface area contributed by atoms with E-state index in [1.54, 1.807) is 18.2 Å². The predicted molar refractivity (Wildman–Crippen MR) is 85.7 cm³/mol. The van der Waals surface area contributed by atoms with Gasteiger partial charge in [-0.1, -0.05) is 6.92 Å². The molecule has 2 aliphatic heterocycles. The molecule has 1 atom stereocenters. The summed E-state index contributed by atoms with van der Waals surface area (Å²) in [5.41, 5.74) is 0.980. The fourth-order valence-corrected chi connectivity index (χ4v) is 4.35. The standard InChI is InChI=1S/C16H24N2O3S/c1-13(12-18-7-2-3-8-18)11-17-22(19,20)15-4-5-16-14(10-15)6-9-21-16/h4-5,10,13,17H,2-3,6-9,11-12H2,1H3/t13-/m0/s1. The fraction of sp³-hybridized carbons (Fsp3) is 0.625. The predicted octanol–water partition coefficient (Wildman–Crippen LogP) is 1.63. The van der Waals surface area contributed by atoms with Crippen LogP contribution in [0.3, 0.4) is 0 Å². The molecule has 22 heavy (non-hydrogen) atoms. The number of nitrogens with one attached hydrogen (secondary N) is 1. The summed E-state index contributed by atoms with van der Waals surface area (Å²) in [4.78, 5) is 2.75. The van der Waals surface area contributed by atoms with Crippen LogP contribution >= 0.6 is 0 Å². The topological polar surface area (TPSA) is 58.6 Å². The van der Waals surface area contributed by atoms with Crippen molar-refractivity contribution in [3.8, 4) is 5.75 Å². The first-order valence-corrected chi connectivity index (χ1v) is 9.51. The quantitative estimate of drug-likeness (QED) is 0.864. The molecule has 6 heteroatoms. The van der Waals surface area contributed by atoms with Crippen molar-refractivity contribution in [3.63, 3.8) is 0 Å². The summed E-state index contributed by atoms with van der Waals surface area (Å²) in [7, 11) is -3.43. The molecule has 122 valence electrons. The van der Waals surface area contributed by atoms with E-state index in [2.05, 4.69) is 16.5 Å². The Morgan fingerprint density at radius 3 is 2.86 bits per heavy atom. The van der Waals surface area contributed by atoms with E-state index in [-0.39, 0.29) is 0 Å². The number of likely N-dealkylation sites (tertiary alicyclic amines) is 1. The Labute approximate surface area is 132 Å². The zero-order valence-electron chi connectivity index (χ0n) is 13.0. The number of benzene rings is 1. The lowest BCUT2D eigenvalue weighted by atomic mass is 10.2. The highest BCUT2D eigenvalue weighted by Crippen LogP contribution is 2.27. The molecule has 1 saturated heterocycles. The van der Waals surface area contributed by atoms with Crippen molar-refractivity contribution < 1.29 is 13.2 Å². The Balaban J connectivity index is 1.58. The van der Waals surface area contributed by atoms with E-state index in [0.717, 1.165) is 37.4 Å². The van der Waals surface area contributed by atoms with Crippen molar-refractivity contribution in [2.75, 3.05) is 32.8 Å². The van der Waals surface area contributed by atoms with Gasteiger partial charge in [-0.25, -0.2) is 13.1 Å². The molecule has 0 spiro atoms. The summed E-state index contributed by atoms with van der Waals surface area (Å²) in [6, 6.07) is 5.11. The van der Waals surface area contributed by atoms with Gasteiger partial charge in [0, 0.05) is 19.5 Å². The maximum atomic E-state index is 12.4. The van der Waals surface area contributed by atoms with Crippen LogP contribution < -0.4 is 9.46 Å². The number of nitrogens with zero attached hydrogens (tertiary/aromatic N) is 1. The molecule has 2 heterocycles. The van der Waals surface area contributed by atoms with Gasteiger partial charge in [0.25, 0.3) is 0 Å². The van der Waals surface area contributed by atoms with Crippen LogP contribution in [-0.4, -0.2) is 46.1 Å². The molecular weight excluding hydrogens is 300 g/mol. The van der Waals surface area contributed by atoms with Crippen LogP contribution in [0.4, 0.5) is 0 Å². The van der Waals surface area contributed by atoms with E-state index < -0.39 is 10.0 Å². The third-order valence-corrected chi connectivity index (χ3v) is 5.78. The lowest BCUT2D eigenvalue weighted by Gasteiger charge is -2.20. The lowest BCUT2D eigenvalue weighted by molar-refractivity contribution is 0.288. The van der Waals surface area contributed by atoms with Gasteiger partial charge in [-0.15, -0.1) is 0 Å². The van der Waals surface area contributed by atoms with Crippen LogP contribution in [0, 0.1) is 5.92 Å². The van der Waals surface area contributed by atoms with E-state index in [0.29, 0.717) is 24.0 Å². The second-order valence-corrected chi connectivity index (χ2v) is 8.10. The Morgan fingerprint density at radius 1 is 1.32 bits per heavy atom. The van der Waals surface area contributed by atoms with Gasteiger partial charge in [0.15, 0.2) is 0 Å². The molecule has 1 aromatic rings. The van der Waals surface area contributed by atoms with E-state index >= 15 is 0 Å². The van der Waals surface area contributed by atoms with E-state index in [9.17, 15) is 8.42 Å². The molecule has 0 amide bonds. The zero-order chi connectivity index (χ0) is 15.6. The first-order valence-electron chi connectivity index (χ1n) is 8.02. The summed E-state index contributed by atoms with van der Waals surface area (Å²) in [5, 5.41) is 0. The molecule has 0 radical (unpaired) electrons. The first-order chi connectivity index (χ1) is 10.5. The molecule has 1 N–H and O–H groups in total. The summed E-state index contributed by atoms with van der Waals surface area (Å²) >= 11 is 0. The minimum atomic E-state index is -3.43. The first kappa shape index (κ1) is 15.8. The van der Waals surface area contributed by atoms with E-state index in [4.69, 9.17) is 4.74 Å². The lowest BCUT2D eigenvalue weighted by Crippen LogP contribution is -2.34. The fourth-order valence-electron chi connectivity index (χ4n) is 3.14. The molecule has 2 aliphatic rings. The molecule has 0 unspecified atom stereocenters. The third-order valence-electron chi connectivity index (χ3n) is 4.36. The van der Waals surface area contributed by atoms with Gasteiger partial charge < -0.3 is 9.64 Å². The second-order valence-electron chi connectivity index (χ2n) is 6.33. The van der Waals surface area contributed by atoms with Crippen LogP contribution in [0.2, 0.25) is 0 Å². The Morgan fingerprint density at radius 2 is 2.09 bits per heavy atom. The molecule has 5 nitrogen and oxygen atoms in total. The van der Waals surface area contributed by atoms with E-state index in [1.165, 1.54) is 12.8 Å². The van der Waals surface area contributed by atoms with Crippen molar-refractivity contribution in [1.29, 1.82) is 0 Å². The minimum absolute atomic E-state index is 0.311. The monoisotopic (exact) mass is 324 g/mol. The van der Waals surface area contributed by atoms with Crippen molar-refractivity contribution in [3.05, 3.63) is 23.8 Å². The molecule has 0 aliphatic carbocycles. The highest BCUT2D eigenvalue weighted by Gasteiger charge is 2.21. The molecule has 1 fully saturated rings. The Bertz CT molecular complexity index is 624. The number of sulfonamides is 1. The van der Waals surface area contributed by atoms with Gasteiger partial charge in [0.2, 0.25) is 10.0 Å². The number of ether oxygens (including phenoxy) is 1. The molecule has 1 aromatic carbocycles. The number of hydrogen-bond donors (Lipinski definition) is 1. The summed E-state index contributed by atoms with van der Waals surface area (Å²) in [5.74, 6) is 1.12. The number of rotatable bonds is 6. The molecule has 0 saturated carbocycles. The van der Waals surface area contributed by atoms with Gasteiger partial charge in [0.05, 0.1) is 11.5 Å². The zero-order valence-corrected chi connectivity index (χ0v) is 13.9. The van der Waals surface area contributed by atoms with Crippen LogP contribution in [0.5, 0.6) is 5.75 Å². The van der Waals surface area contributed by atoms with Gasteiger partial charge in [-0.2, -0.15) is 0 Å². The van der Waals surface area contributed by atoms with Crippen LogP contribution in [-0.2, 0) is 16.4 Å². The highest BCUT2D eigenvalue weighted by molar-refractivity contribution is 7.89. The minimum Gasteiger partial charge on any atom is -0.493 e. The van der Waals surface area contributed by atoms with Crippen molar-refractivity contribution in [2.45, 2.75) is 31.1 Å². The molecule has 3 rings (SSSR count). The Kier molecular flexibility index (Phi) is 4.70. The second kappa shape index (κ2) is 6.56. The highest BCUT2D eigenvalue weighted by atomic mass is 32.2.